The SMILES string of the molecule is Oc1ccccc1CN[C@H]1C2CCN(CC2)C1C(c1ccccc1)c1ccccc1. The molecule has 0 saturated carbocycles. The van der Waals surface area contributed by atoms with Gasteiger partial charge in [-0.05, 0) is 49.0 Å². The summed E-state index contributed by atoms with van der Waals surface area (Å²) < 4.78 is 0. The first-order valence-electron chi connectivity index (χ1n) is 11.2. The number of nitrogens with one attached hydrogen (secondary N) is 1. The Labute approximate surface area is 179 Å². The van der Waals surface area contributed by atoms with Crippen molar-refractivity contribution in [2.24, 2.45) is 5.92 Å². The summed E-state index contributed by atoms with van der Waals surface area (Å²) in [5.74, 6) is 1.39. The number of benzene rings is 3. The standard InChI is InChI=1S/C27H30N2O/c30-24-14-8-7-13-23(24)19-28-26-22-15-17-29(18-16-22)27(26)25(20-9-3-1-4-10-20)21-11-5-2-6-12-21/h1-14,22,25-28,30H,15-19H2/t26-,27?/m0/s1. The van der Waals surface area contributed by atoms with Crippen LogP contribution in [-0.2, 0) is 6.54 Å². The fraction of sp³-hybridized carbons (Fsp3) is 0.333. The fourth-order valence-corrected chi connectivity index (χ4v) is 5.58. The largest absolute Gasteiger partial charge is 0.508 e. The summed E-state index contributed by atoms with van der Waals surface area (Å²) in [5, 5.41) is 14.1. The summed E-state index contributed by atoms with van der Waals surface area (Å²) in [6.07, 6.45) is 2.51. The molecule has 3 aromatic carbocycles. The summed E-state index contributed by atoms with van der Waals surface area (Å²) in [7, 11) is 0. The third kappa shape index (κ3) is 3.76. The number of phenols is 1. The first kappa shape index (κ1) is 19.3. The van der Waals surface area contributed by atoms with E-state index in [1.54, 1.807) is 6.07 Å². The van der Waals surface area contributed by atoms with Gasteiger partial charge in [-0.15, -0.1) is 0 Å². The van der Waals surface area contributed by atoms with Crippen LogP contribution in [0, 0.1) is 5.92 Å². The zero-order chi connectivity index (χ0) is 20.3. The molecule has 3 aliphatic heterocycles. The quantitative estimate of drug-likeness (QED) is 0.627. The normalized spacial score (nSPS) is 25.5. The van der Waals surface area contributed by atoms with E-state index >= 15 is 0 Å². The first-order chi connectivity index (χ1) is 14.8. The second-order valence-corrected chi connectivity index (χ2v) is 8.70. The number of hydrogen-bond donors (Lipinski definition) is 2. The van der Waals surface area contributed by atoms with Crippen molar-refractivity contribution in [1.29, 1.82) is 0 Å². The summed E-state index contributed by atoms with van der Waals surface area (Å²) in [6, 6.07) is 30.5. The zero-order valence-corrected chi connectivity index (χ0v) is 17.3. The number of phenolic OH excluding ortho intramolecular Hbond substituents is 1. The van der Waals surface area contributed by atoms with Crippen molar-refractivity contribution in [1.82, 2.24) is 10.2 Å². The molecule has 0 aromatic heterocycles. The third-order valence-electron chi connectivity index (χ3n) is 7.05. The fourth-order valence-electron chi connectivity index (χ4n) is 5.58. The Hall–Kier alpha value is -2.62. The molecule has 2 bridgehead atoms. The molecule has 3 saturated heterocycles. The second kappa shape index (κ2) is 8.63. The van der Waals surface area contributed by atoms with E-state index in [0.717, 1.165) is 5.56 Å². The minimum Gasteiger partial charge on any atom is -0.508 e. The molecule has 30 heavy (non-hydrogen) atoms. The molecule has 3 aliphatic rings. The van der Waals surface area contributed by atoms with Crippen LogP contribution in [0.5, 0.6) is 5.75 Å². The topological polar surface area (TPSA) is 35.5 Å². The number of rotatable bonds is 6. The van der Waals surface area contributed by atoms with Crippen molar-refractivity contribution in [3.05, 3.63) is 102 Å². The van der Waals surface area contributed by atoms with Gasteiger partial charge in [0.15, 0.2) is 0 Å². The van der Waals surface area contributed by atoms with Gasteiger partial charge in [0, 0.05) is 30.1 Å². The zero-order valence-electron chi connectivity index (χ0n) is 17.3. The number of fused-ring (bicyclic) bond motifs is 3. The predicted octanol–water partition coefficient (Wildman–Crippen LogP) is 4.78. The lowest BCUT2D eigenvalue weighted by Crippen LogP contribution is -2.64. The predicted molar refractivity (Wildman–Crippen MR) is 122 cm³/mol. The number of nitrogens with zero attached hydrogens (tertiary/aromatic N) is 1. The molecule has 2 atom stereocenters. The van der Waals surface area contributed by atoms with Gasteiger partial charge in [-0.3, -0.25) is 4.90 Å². The van der Waals surface area contributed by atoms with Gasteiger partial charge < -0.3 is 10.4 Å². The number of piperidine rings is 3. The first-order valence-corrected chi connectivity index (χ1v) is 11.2. The molecule has 6 rings (SSSR count). The van der Waals surface area contributed by atoms with Gasteiger partial charge >= 0.3 is 0 Å². The molecule has 3 aromatic rings. The lowest BCUT2D eigenvalue weighted by molar-refractivity contribution is 0.00462. The highest BCUT2D eigenvalue weighted by Gasteiger charge is 2.46. The van der Waals surface area contributed by atoms with Gasteiger partial charge in [-0.2, -0.15) is 0 Å². The number of aromatic hydroxyl groups is 1. The maximum absolute atomic E-state index is 10.3. The van der Waals surface area contributed by atoms with Crippen LogP contribution in [0.3, 0.4) is 0 Å². The Morgan fingerprint density at radius 3 is 1.97 bits per heavy atom. The molecule has 0 radical (unpaired) electrons. The van der Waals surface area contributed by atoms with E-state index < -0.39 is 0 Å². The highest BCUT2D eigenvalue weighted by Crippen LogP contribution is 2.42. The summed E-state index contributed by atoms with van der Waals surface area (Å²) in [4.78, 5) is 2.70. The van der Waals surface area contributed by atoms with Gasteiger partial charge in [-0.25, -0.2) is 0 Å². The van der Waals surface area contributed by atoms with Crippen molar-refractivity contribution in [3.63, 3.8) is 0 Å². The van der Waals surface area contributed by atoms with E-state index in [1.165, 1.54) is 37.1 Å². The minimum atomic E-state index is 0.331. The molecular weight excluding hydrogens is 368 g/mol. The maximum Gasteiger partial charge on any atom is 0.120 e. The van der Waals surface area contributed by atoms with Gasteiger partial charge in [0.05, 0.1) is 0 Å². The highest BCUT2D eigenvalue weighted by molar-refractivity contribution is 5.36. The van der Waals surface area contributed by atoms with Crippen molar-refractivity contribution in [2.75, 3.05) is 13.1 Å². The number of hydrogen-bond acceptors (Lipinski definition) is 3. The Morgan fingerprint density at radius 1 is 0.800 bits per heavy atom. The highest BCUT2D eigenvalue weighted by atomic mass is 16.3. The second-order valence-electron chi connectivity index (χ2n) is 8.70. The van der Waals surface area contributed by atoms with Crippen LogP contribution in [0.4, 0.5) is 0 Å². The van der Waals surface area contributed by atoms with E-state index in [4.69, 9.17) is 0 Å². The smallest absolute Gasteiger partial charge is 0.120 e. The van der Waals surface area contributed by atoms with E-state index in [9.17, 15) is 5.11 Å². The molecule has 0 amide bonds. The number of para-hydroxylation sites is 1. The van der Waals surface area contributed by atoms with Gasteiger partial charge in [0.2, 0.25) is 0 Å². The molecule has 3 heteroatoms. The Bertz CT molecular complexity index is 911. The monoisotopic (exact) mass is 398 g/mol. The van der Waals surface area contributed by atoms with E-state index in [-0.39, 0.29) is 0 Å². The molecule has 3 fully saturated rings. The minimum absolute atomic E-state index is 0.331. The van der Waals surface area contributed by atoms with Crippen LogP contribution < -0.4 is 5.32 Å². The lowest BCUT2D eigenvalue weighted by Gasteiger charge is -2.54. The summed E-state index contributed by atoms with van der Waals surface area (Å²) >= 11 is 0. The Balaban J connectivity index is 1.50. The van der Waals surface area contributed by atoms with Crippen LogP contribution in [0.25, 0.3) is 0 Å². The lowest BCUT2D eigenvalue weighted by atomic mass is 9.70. The average Bonchev–Trinajstić information content (AvgIpc) is 2.81. The molecule has 0 aliphatic carbocycles. The van der Waals surface area contributed by atoms with E-state index in [1.807, 2.05) is 18.2 Å². The van der Waals surface area contributed by atoms with Crippen molar-refractivity contribution in [2.45, 2.75) is 37.4 Å². The maximum atomic E-state index is 10.3. The van der Waals surface area contributed by atoms with E-state index in [0.29, 0.717) is 36.2 Å². The van der Waals surface area contributed by atoms with Gasteiger partial charge in [0.1, 0.15) is 5.75 Å². The molecule has 1 unspecified atom stereocenters. The van der Waals surface area contributed by atoms with Crippen molar-refractivity contribution in [3.8, 4) is 5.75 Å². The van der Waals surface area contributed by atoms with Crippen LogP contribution in [0.15, 0.2) is 84.9 Å². The molecule has 3 heterocycles. The molecule has 2 N–H and O–H groups in total. The average molecular weight is 399 g/mol. The van der Waals surface area contributed by atoms with Crippen LogP contribution in [-0.4, -0.2) is 35.2 Å². The molecule has 154 valence electrons. The summed E-state index contributed by atoms with van der Waals surface area (Å²) in [6.45, 7) is 3.06. The van der Waals surface area contributed by atoms with Crippen molar-refractivity contribution >= 4 is 0 Å². The van der Waals surface area contributed by atoms with Crippen LogP contribution >= 0.6 is 0 Å². The van der Waals surface area contributed by atoms with Gasteiger partial charge in [-0.1, -0.05) is 78.9 Å². The molecule has 0 spiro atoms. The molecule has 3 nitrogen and oxygen atoms in total. The van der Waals surface area contributed by atoms with E-state index in [2.05, 4.69) is 70.9 Å². The van der Waals surface area contributed by atoms with Gasteiger partial charge in [0.25, 0.3) is 0 Å². The van der Waals surface area contributed by atoms with Crippen LogP contribution in [0.2, 0.25) is 0 Å². The summed E-state index contributed by atoms with van der Waals surface area (Å²) in [5.41, 5.74) is 3.75. The third-order valence-corrected chi connectivity index (χ3v) is 7.05. The van der Waals surface area contributed by atoms with Crippen molar-refractivity contribution < 1.29 is 5.11 Å². The Morgan fingerprint density at radius 2 is 1.37 bits per heavy atom. The Kier molecular flexibility index (Phi) is 5.56. The van der Waals surface area contributed by atoms with Crippen LogP contribution in [0.1, 0.15) is 35.4 Å². The molecular formula is C27H30N2O.